The fourth-order valence-corrected chi connectivity index (χ4v) is 2.64. The molecule has 114 valence electrons. The second-order valence-corrected chi connectivity index (χ2v) is 5.47. The quantitative estimate of drug-likeness (QED) is 0.521. The second-order valence-electron chi connectivity index (χ2n) is 5.03. The molecule has 0 aliphatic carbocycles. The monoisotopic (exact) mass is 314 g/mol. The first-order valence-corrected chi connectivity index (χ1v) is 6.84. The summed E-state index contributed by atoms with van der Waals surface area (Å²) in [6.45, 7) is -0.479. The molecule has 0 bridgehead atoms. The Morgan fingerprint density at radius 3 is 2.67 bits per heavy atom. The van der Waals surface area contributed by atoms with Crippen LogP contribution in [0.1, 0.15) is 11.9 Å². The van der Waals surface area contributed by atoms with E-state index in [1.54, 1.807) is 18.2 Å². The highest BCUT2D eigenvalue weighted by Crippen LogP contribution is 2.32. The molecule has 0 spiro atoms. The first-order chi connectivity index (χ1) is 10.0. The van der Waals surface area contributed by atoms with Crippen molar-refractivity contribution in [2.45, 2.75) is 30.5 Å². The Hall–Kier alpha value is -1.22. The third-order valence-corrected chi connectivity index (χ3v) is 3.86. The number of benzene rings is 1. The molecule has 1 aromatic heterocycles. The summed E-state index contributed by atoms with van der Waals surface area (Å²) in [4.78, 5) is 7.24. The van der Waals surface area contributed by atoms with E-state index in [2.05, 4.69) is 9.97 Å². The van der Waals surface area contributed by atoms with Gasteiger partial charge in [-0.05, 0) is 18.2 Å². The first-order valence-electron chi connectivity index (χ1n) is 6.47. The topological polar surface area (TPSA) is 119 Å². The van der Waals surface area contributed by atoms with Gasteiger partial charge in [0.15, 0.2) is 0 Å². The Morgan fingerprint density at radius 1 is 1.19 bits per heavy atom. The molecular formula is C13H15ClN2O5. The predicted octanol–water partition coefficient (Wildman–Crippen LogP) is -0.269. The van der Waals surface area contributed by atoms with E-state index in [9.17, 15) is 20.4 Å². The number of aliphatic hydroxyl groups excluding tert-OH is 4. The van der Waals surface area contributed by atoms with E-state index in [1.807, 2.05) is 0 Å². The van der Waals surface area contributed by atoms with Gasteiger partial charge >= 0.3 is 0 Å². The molecule has 5 N–H and O–H groups in total. The standard InChI is InChI=1S/C13H15ClN2O5/c14-5-1-2-6-7(3-5)16-13(15-6)12-11(20)10(19)9(18)8(4-17)21-12/h1-3,8-12,17-20H,4H2,(H,15,16). The Balaban J connectivity index is 1.96. The third-order valence-electron chi connectivity index (χ3n) is 3.62. The van der Waals surface area contributed by atoms with E-state index < -0.39 is 37.1 Å². The highest BCUT2D eigenvalue weighted by atomic mass is 35.5. The Labute approximate surface area is 124 Å². The van der Waals surface area contributed by atoms with Crippen molar-refractivity contribution in [2.75, 3.05) is 6.61 Å². The number of H-pyrrole nitrogens is 1. The summed E-state index contributed by atoms with van der Waals surface area (Å²) in [6, 6.07) is 5.07. The minimum Gasteiger partial charge on any atom is -0.394 e. The number of nitrogens with one attached hydrogen (secondary N) is 1. The van der Waals surface area contributed by atoms with Gasteiger partial charge < -0.3 is 30.1 Å². The summed E-state index contributed by atoms with van der Waals surface area (Å²) in [5.41, 5.74) is 1.29. The molecule has 0 radical (unpaired) electrons. The first kappa shape index (κ1) is 14.7. The van der Waals surface area contributed by atoms with Crippen LogP contribution in [0.4, 0.5) is 0 Å². The number of fused-ring (bicyclic) bond motifs is 1. The fraction of sp³-hybridized carbons (Fsp3) is 0.462. The summed E-state index contributed by atoms with van der Waals surface area (Å²) in [6.07, 6.45) is -6.13. The molecule has 7 nitrogen and oxygen atoms in total. The smallest absolute Gasteiger partial charge is 0.144 e. The van der Waals surface area contributed by atoms with Crippen molar-refractivity contribution in [3.8, 4) is 0 Å². The minimum absolute atomic E-state index is 0.296. The lowest BCUT2D eigenvalue weighted by atomic mass is 9.95. The number of rotatable bonds is 2. The predicted molar refractivity (Wildman–Crippen MR) is 73.8 cm³/mol. The zero-order valence-electron chi connectivity index (χ0n) is 10.8. The third kappa shape index (κ3) is 2.52. The van der Waals surface area contributed by atoms with Crippen LogP contribution >= 0.6 is 11.6 Å². The zero-order chi connectivity index (χ0) is 15.1. The van der Waals surface area contributed by atoms with E-state index in [0.29, 0.717) is 21.9 Å². The lowest BCUT2D eigenvalue weighted by Gasteiger charge is -2.39. The molecule has 1 aromatic carbocycles. The number of imidazole rings is 1. The highest BCUT2D eigenvalue weighted by molar-refractivity contribution is 6.31. The van der Waals surface area contributed by atoms with Crippen molar-refractivity contribution < 1.29 is 25.2 Å². The van der Waals surface area contributed by atoms with Crippen LogP contribution in [-0.2, 0) is 4.74 Å². The molecular weight excluding hydrogens is 300 g/mol. The molecule has 1 saturated heterocycles. The molecule has 8 heteroatoms. The van der Waals surface area contributed by atoms with Crippen LogP contribution in [0.5, 0.6) is 0 Å². The van der Waals surface area contributed by atoms with Crippen LogP contribution in [0.15, 0.2) is 18.2 Å². The summed E-state index contributed by atoms with van der Waals surface area (Å²) in [7, 11) is 0. The van der Waals surface area contributed by atoms with Gasteiger partial charge in [-0.2, -0.15) is 0 Å². The van der Waals surface area contributed by atoms with Crippen molar-refractivity contribution in [2.24, 2.45) is 0 Å². The molecule has 2 aromatic rings. The molecule has 3 rings (SSSR count). The molecule has 2 heterocycles. The van der Waals surface area contributed by atoms with Gasteiger partial charge in [0.1, 0.15) is 36.3 Å². The normalized spacial score (nSPS) is 33.5. The van der Waals surface area contributed by atoms with Gasteiger partial charge in [0.05, 0.1) is 17.6 Å². The molecule has 21 heavy (non-hydrogen) atoms. The van der Waals surface area contributed by atoms with Crippen molar-refractivity contribution in [1.82, 2.24) is 9.97 Å². The molecule has 1 aliphatic rings. The minimum atomic E-state index is -1.43. The number of hydrogen-bond donors (Lipinski definition) is 5. The van der Waals surface area contributed by atoms with Gasteiger partial charge in [-0.3, -0.25) is 0 Å². The number of aliphatic hydroxyl groups is 4. The Morgan fingerprint density at radius 2 is 1.95 bits per heavy atom. The maximum atomic E-state index is 10.1. The molecule has 1 fully saturated rings. The molecule has 5 unspecified atom stereocenters. The van der Waals surface area contributed by atoms with Crippen molar-refractivity contribution in [3.63, 3.8) is 0 Å². The maximum Gasteiger partial charge on any atom is 0.144 e. The van der Waals surface area contributed by atoms with E-state index in [0.717, 1.165) is 0 Å². The molecule has 1 aliphatic heterocycles. The van der Waals surface area contributed by atoms with Gasteiger partial charge in [-0.25, -0.2) is 4.98 Å². The number of ether oxygens (including phenoxy) is 1. The Bertz CT molecular complexity index is 647. The van der Waals surface area contributed by atoms with Gasteiger partial charge in [-0.1, -0.05) is 11.6 Å². The highest BCUT2D eigenvalue weighted by Gasteiger charge is 2.45. The number of nitrogens with zero attached hydrogens (tertiary/aromatic N) is 1. The van der Waals surface area contributed by atoms with Crippen molar-refractivity contribution in [3.05, 3.63) is 29.0 Å². The number of aromatic amines is 1. The second kappa shape index (κ2) is 5.53. The van der Waals surface area contributed by atoms with Crippen LogP contribution in [0.2, 0.25) is 5.02 Å². The SMILES string of the molecule is OCC1OC(c2nc3ccc(Cl)cc3[nH]2)C(O)C(O)C1O. The van der Waals surface area contributed by atoms with Crippen LogP contribution in [-0.4, -0.2) is 61.4 Å². The summed E-state index contributed by atoms with van der Waals surface area (Å²) in [5.74, 6) is 0.296. The van der Waals surface area contributed by atoms with Crippen molar-refractivity contribution >= 4 is 22.6 Å². The van der Waals surface area contributed by atoms with E-state index in [-0.39, 0.29) is 0 Å². The molecule has 5 atom stereocenters. The summed E-state index contributed by atoms with van der Waals surface area (Å²) < 4.78 is 5.44. The summed E-state index contributed by atoms with van der Waals surface area (Å²) in [5, 5.41) is 39.3. The Kier molecular flexibility index (Phi) is 3.87. The van der Waals surface area contributed by atoms with Crippen LogP contribution in [0, 0.1) is 0 Å². The number of aromatic nitrogens is 2. The van der Waals surface area contributed by atoms with Gasteiger partial charge in [-0.15, -0.1) is 0 Å². The van der Waals surface area contributed by atoms with Gasteiger partial charge in [0.25, 0.3) is 0 Å². The average molecular weight is 315 g/mol. The maximum absolute atomic E-state index is 10.1. The largest absolute Gasteiger partial charge is 0.394 e. The molecule has 0 saturated carbocycles. The van der Waals surface area contributed by atoms with Crippen LogP contribution < -0.4 is 0 Å². The fourth-order valence-electron chi connectivity index (χ4n) is 2.46. The van der Waals surface area contributed by atoms with Crippen LogP contribution in [0.3, 0.4) is 0 Å². The zero-order valence-corrected chi connectivity index (χ0v) is 11.6. The van der Waals surface area contributed by atoms with E-state index in [1.165, 1.54) is 0 Å². The number of hydrogen-bond acceptors (Lipinski definition) is 6. The lowest BCUT2D eigenvalue weighted by Crippen LogP contribution is -2.55. The van der Waals surface area contributed by atoms with E-state index >= 15 is 0 Å². The van der Waals surface area contributed by atoms with Crippen LogP contribution in [0.25, 0.3) is 11.0 Å². The van der Waals surface area contributed by atoms with Gasteiger partial charge in [0, 0.05) is 5.02 Å². The summed E-state index contributed by atoms with van der Waals surface area (Å²) >= 11 is 5.90. The number of halogens is 1. The van der Waals surface area contributed by atoms with E-state index in [4.69, 9.17) is 16.3 Å². The van der Waals surface area contributed by atoms with Gasteiger partial charge in [0.2, 0.25) is 0 Å². The lowest BCUT2D eigenvalue weighted by molar-refractivity contribution is -0.233. The molecule has 0 amide bonds. The average Bonchev–Trinajstić information content (AvgIpc) is 2.88. The van der Waals surface area contributed by atoms with Crippen molar-refractivity contribution in [1.29, 1.82) is 0 Å².